The van der Waals surface area contributed by atoms with E-state index in [-0.39, 0.29) is 5.91 Å². The van der Waals surface area contributed by atoms with Gasteiger partial charge in [0.15, 0.2) is 0 Å². The molecule has 2 rings (SSSR count). The second kappa shape index (κ2) is 7.99. The Morgan fingerprint density at radius 1 is 1.38 bits per heavy atom. The van der Waals surface area contributed by atoms with Gasteiger partial charge in [0, 0.05) is 26.2 Å². The highest BCUT2D eigenvalue weighted by molar-refractivity contribution is 6.43. The van der Waals surface area contributed by atoms with Gasteiger partial charge in [-0.15, -0.1) is 0 Å². The van der Waals surface area contributed by atoms with Crippen LogP contribution in [0.4, 0.5) is 0 Å². The van der Waals surface area contributed by atoms with E-state index >= 15 is 0 Å². The molecule has 1 amide bonds. The molecule has 1 fully saturated rings. The summed E-state index contributed by atoms with van der Waals surface area (Å²) >= 11 is 12.0. The smallest absolute Gasteiger partial charge is 0.252 e. The number of nitrogens with one attached hydrogen (secondary N) is 1. The number of hydrogen-bond donors (Lipinski definition) is 1. The van der Waals surface area contributed by atoms with Crippen LogP contribution >= 0.6 is 23.2 Å². The van der Waals surface area contributed by atoms with Gasteiger partial charge < -0.3 is 10.1 Å². The van der Waals surface area contributed by atoms with E-state index in [2.05, 4.69) is 17.1 Å². The Hall–Kier alpha value is -0.810. The lowest BCUT2D eigenvalue weighted by Crippen LogP contribution is -2.41. The summed E-state index contributed by atoms with van der Waals surface area (Å²) in [5.41, 5.74) is 0.419. The molecule has 0 radical (unpaired) electrons. The second-order valence-electron chi connectivity index (χ2n) is 5.33. The second-order valence-corrected chi connectivity index (χ2v) is 6.11. The van der Waals surface area contributed by atoms with E-state index in [0.29, 0.717) is 28.1 Å². The van der Waals surface area contributed by atoms with Crippen LogP contribution in [0.25, 0.3) is 0 Å². The van der Waals surface area contributed by atoms with Crippen LogP contribution in [0.3, 0.4) is 0 Å². The van der Waals surface area contributed by atoms with Gasteiger partial charge in [0.05, 0.1) is 28.8 Å². The average Bonchev–Trinajstić information content (AvgIpc) is 2.48. The van der Waals surface area contributed by atoms with Crippen molar-refractivity contribution < 1.29 is 9.53 Å². The molecule has 1 unspecified atom stereocenters. The molecule has 21 heavy (non-hydrogen) atoms. The summed E-state index contributed by atoms with van der Waals surface area (Å²) in [4.78, 5) is 14.5. The fourth-order valence-electron chi connectivity index (χ4n) is 2.33. The molecule has 1 aromatic carbocycles. The third-order valence-corrected chi connectivity index (χ3v) is 4.30. The van der Waals surface area contributed by atoms with Gasteiger partial charge in [-0.25, -0.2) is 0 Å². The Bertz CT molecular complexity index is 491. The molecule has 1 heterocycles. The summed E-state index contributed by atoms with van der Waals surface area (Å²) in [5.74, 6) is 0.182. The van der Waals surface area contributed by atoms with Crippen LogP contribution in [-0.4, -0.2) is 50.2 Å². The lowest BCUT2D eigenvalue weighted by atomic mass is 10.1. The standard InChI is InChI=1S/C15H20Cl2N2O2/c1-11(10-19-5-7-21-8-6-19)9-18-15(20)12-3-2-4-13(16)14(12)17/h2-4,11H,5-10H2,1H3,(H,18,20). The zero-order valence-electron chi connectivity index (χ0n) is 12.1. The highest BCUT2D eigenvalue weighted by atomic mass is 35.5. The van der Waals surface area contributed by atoms with Gasteiger partial charge in [-0.3, -0.25) is 9.69 Å². The first-order valence-electron chi connectivity index (χ1n) is 7.10. The maximum absolute atomic E-state index is 12.1. The number of carbonyl (C=O) groups excluding carboxylic acids is 1. The van der Waals surface area contributed by atoms with E-state index in [1.54, 1.807) is 18.2 Å². The number of amides is 1. The third-order valence-electron chi connectivity index (χ3n) is 3.48. The predicted octanol–water partition coefficient (Wildman–Crippen LogP) is 2.69. The van der Waals surface area contributed by atoms with Crippen molar-refractivity contribution in [3.05, 3.63) is 33.8 Å². The van der Waals surface area contributed by atoms with Crippen LogP contribution in [0.1, 0.15) is 17.3 Å². The lowest BCUT2D eigenvalue weighted by molar-refractivity contribution is 0.0317. The molecule has 1 saturated heterocycles. The summed E-state index contributed by atoms with van der Waals surface area (Å²) in [6, 6.07) is 5.07. The Morgan fingerprint density at radius 2 is 2.10 bits per heavy atom. The molecule has 1 atom stereocenters. The van der Waals surface area contributed by atoms with Gasteiger partial charge in [0.2, 0.25) is 0 Å². The minimum Gasteiger partial charge on any atom is -0.379 e. The molecule has 0 spiro atoms. The molecule has 6 heteroatoms. The van der Waals surface area contributed by atoms with E-state index in [1.807, 2.05) is 0 Å². The number of morpholine rings is 1. The number of nitrogens with zero attached hydrogens (tertiary/aromatic N) is 1. The molecule has 4 nitrogen and oxygen atoms in total. The fourth-order valence-corrected chi connectivity index (χ4v) is 2.72. The maximum atomic E-state index is 12.1. The van der Waals surface area contributed by atoms with E-state index in [9.17, 15) is 4.79 Å². The summed E-state index contributed by atoms with van der Waals surface area (Å²) < 4.78 is 5.32. The van der Waals surface area contributed by atoms with Crippen molar-refractivity contribution in [2.75, 3.05) is 39.4 Å². The zero-order chi connectivity index (χ0) is 15.2. The highest BCUT2D eigenvalue weighted by Gasteiger charge is 2.16. The SMILES string of the molecule is CC(CNC(=O)c1cccc(Cl)c1Cl)CN1CCOCC1. The number of rotatable bonds is 5. The van der Waals surface area contributed by atoms with Crippen molar-refractivity contribution in [1.82, 2.24) is 10.2 Å². The third kappa shape index (κ3) is 4.85. The van der Waals surface area contributed by atoms with Gasteiger partial charge in [-0.1, -0.05) is 36.2 Å². The number of halogens is 2. The summed E-state index contributed by atoms with van der Waals surface area (Å²) in [6.07, 6.45) is 0. The molecule has 0 aromatic heterocycles. The van der Waals surface area contributed by atoms with Crippen LogP contribution in [0.15, 0.2) is 18.2 Å². The molecule has 1 aliphatic rings. The molecule has 1 N–H and O–H groups in total. The van der Waals surface area contributed by atoms with Crippen LogP contribution in [-0.2, 0) is 4.74 Å². The Kier molecular flexibility index (Phi) is 6.30. The molecule has 1 aliphatic heterocycles. The Labute approximate surface area is 135 Å². The monoisotopic (exact) mass is 330 g/mol. The normalized spacial score (nSPS) is 17.5. The first-order valence-corrected chi connectivity index (χ1v) is 7.86. The lowest BCUT2D eigenvalue weighted by Gasteiger charge is -2.29. The van der Waals surface area contributed by atoms with Crippen molar-refractivity contribution >= 4 is 29.1 Å². The first kappa shape index (κ1) is 16.6. The van der Waals surface area contributed by atoms with Gasteiger partial charge in [0.25, 0.3) is 5.91 Å². The van der Waals surface area contributed by atoms with Crippen LogP contribution in [0.5, 0.6) is 0 Å². The van der Waals surface area contributed by atoms with Gasteiger partial charge in [-0.2, -0.15) is 0 Å². The zero-order valence-corrected chi connectivity index (χ0v) is 13.6. The number of carbonyl (C=O) groups is 1. The molecule has 1 aromatic rings. The largest absolute Gasteiger partial charge is 0.379 e. The van der Waals surface area contributed by atoms with Crippen LogP contribution < -0.4 is 5.32 Å². The molecule has 0 aliphatic carbocycles. The fraction of sp³-hybridized carbons (Fsp3) is 0.533. The summed E-state index contributed by atoms with van der Waals surface area (Å²) in [5, 5.41) is 3.61. The van der Waals surface area contributed by atoms with Gasteiger partial charge >= 0.3 is 0 Å². The van der Waals surface area contributed by atoms with Crippen molar-refractivity contribution in [1.29, 1.82) is 0 Å². The topological polar surface area (TPSA) is 41.6 Å². The van der Waals surface area contributed by atoms with E-state index in [4.69, 9.17) is 27.9 Å². The van der Waals surface area contributed by atoms with Gasteiger partial charge in [-0.05, 0) is 18.1 Å². The molecular weight excluding hydrogens is 311 g/mol. The van der Waals surface area contributed by atoms with E-state index in [0.717, 1.165) is 32.8 Å². The van der Waals surface area contributed by atoms with E-state index < -0.39 is 0 Å². The average molecular weight is 331 g/mol. The Balaban J connectivity index is 1.81. The maximum Gasteiger partial charge on any atom is 0.252 e. The minimum absolute atomic E-state index is 0.184. The van der Waals surface area contributed by atoms with Crippen LogP contribution in [0.2, 0.25) is 10.0 Å². The van der Waals surface area contributed by atoms with Crippen LogP contribution in [0, 0.1) is 5.92 Å². The first-order chi connectivity index (χ1) is 10.1. The number of ether oxygens (including phenoxy) is 1. The Morgan fingerprint density at radius 3 is 2.81 bits per heavy atom. The number of benzene rings is 1. The molecule has 116 valence electrons. The van der Waals surface area contributed by atoms with Crippen molar-refractivity contribution in [2.24, 2.45) is 5.92 Å². The minimum atomic E-state index is -0.184. The van der Waals surface area contributed by atoms with E-state index in [1.165, 1.54) is 0 Å². The summed E-state index contributed by atoms with van der Waals surface area (Å²) in [7, 11) is 0. The summed E-state index contributed by atoms with van der Waals surface area (Å²) in [6.45, 7) is 7.17. The van der Waals surface area contributed by atoms with Crippen molar-refractivity contribution in [3.63, 3.8) is 0 Å². The quantitative estimate of drug-likeness (QED) is 0.902. The molecule has 0 saturated carbocycles. The predicted molar refractivity (Wildman–Crippen MR) is 85.2 cm³/mol. The molecular formula is C15H20Cl2N2O2. The van der Waals surface area contributed by atoms with Crippen molar-refractivity contribution in [3.8, 4) is 0 Å². The molecule has 0 bridgehead atoms. The van der Waals surface area contributed by atoms with Crippen molar-refractivity contribution in [2.45, 2.75) is 6.92 Å². The number of hydrogen-bond acceptors (Lipinski definition) is 3. The highest BCUT2D eigenvalue weighted by Crippen LogP contribution is 2.25. The van der Waals surface area contributed by atoms with Gasteiger partial charge in [0.1, 0.15) is 0 Å².